The lowest BCUT2D eigenvalue weighted by molar-refractivity contribution is -0.169. The van der Waals surface area contributed by atoms with Crippen LogP contribution in [0.5, 0.6) is 0 Å². The summed E-state index contributed by atoms with van der Waals surface area (Å²) in [6, 6.07) is 7.67. The highest BCUT2D eigenvalue weighted by atomic mass is 16.7. The van der Waals surface area contributed by atoms with Gasteiger partial charge in [-0.2, -0.15) is 0 Å². The van der Waals surface area contributed by atoms with Gasteiger partial charge in [-0.3, -0.25) is 4.79 Å². The van der Waals surface area contributed by atoms with Gasteiger partial charge in [0, 0.05) is 37.3 Å². The summed E-state index contributed by atoms with van der Waals surface area (Å²) >= 11 is 0. The third kappa shape index (κ3) is 3.86. The van der Waals surface area contributed by atoms with Crippen LogP contribution in [0.2, 0.25) is 0 Å². The van der Waals surface area contributed by atoms with Crippen LogP contribution in [0.3, 0.4) is 0 Å². The highest BCUT2D eigenvalue weighted by Gasteiger charge is 2.40. The van der Waals surface area contributed by atoms with Crippen molar-refractivity contribution in [2.24, 2.45) is 0 Å². The summed E-state index contributed by atoms with van der Waals surface area (Å²) in [7, 11) is 0. The van der Waals surface area contributed by atoms with E-state index in [1.165, 1.54) is 0 Å². The fourth-order valence-electron chi connectivity index (χ4n) is 3.78. The Balaban J connectivity index is 1.50. The molecule has 3 heterocycles. The number of ether oxygens (including phenoxy) is 2. The zero-order valence-electron chi connectivity index (χ0n) is 16.6. The second-order valence-electron chi connectivity index (χ2n) is 7.56. The van der Waals surface area contributed by atoms with Crippen molar-refractivity contribution in [3.63, 3.8) is 0 Å². The van der Waals surface area contributed by atoms with Gasteiger partial charge in [-0.05, 0) is 38.5 Å². The monoisotopic (exact) mass is 382 g/mol. The van der Waals surface area contributed by atoms with E-state index in [0.717, 1.165) is 48.4 Å². The molecule has 1 spiro atoms. The lowest BCUT2D eigenvalue weighted by Gasteiger charge is -2.37. The number of aryl methyl sites for hydroxylation is 3. The van der Waals surface area contributed by atoms with Crippen LogP contribution in [-0.4, -0.2) is 48.0 Å². The molecule has 0 aliphatic carbocycles. The molecule has 148 valence electrons. The molecule has 1 N–H and O–H groups in total. The van der Waals surface area contributed by atoms with Crippen LogP contribution in [0, 0.1) is 20.8 Å². The number of nitrogens with zero attached hydrogens (tertiary/aromatic N) is 3. The van der Waals surface area contributed by atoms with Crippen molar-refractivity contribution >= 4 is 17.5 Å². The molecule has 2 aromatic rings. The number of rotatable bonds is 3. The SMILES string of the molecule is Cc1ccc(NC(=O)c2cc(C)nc(N3CCC4(CC3)OCCO4)n2)c(C)c1. The highest BCUT2D eigenvalue weighted by molar-refractivity contribution is 6.03. The fraction of sp³-hybridized carbons (Fsp3) is 0.476. The van der Waals surface area contributed by atoms with E-state index in [9.17, 15) is 4.79 Å². The fourth-order valence-corrected chi connectivity index (χ4v) is 3.78. The minimum atomic E-state index is -0.441. The highest BCUT2D eigenvalue weighted by Crippen LogP contribution is 2.32. The lowest BCUT2D eigenvalue weighted by atomic mass is 10.0. The zero-order valence-corrected chi connectivity index (χ0v) is 16.6. The number of carbonyl (C=O) groups excluding carboxylic acids is 1. The van der Waals surface area contributed by atoms with E-state index in [1.807, 2.05) is 39.0 Å². The van der Waals surface area contributed by atoms with Gasteiger partial charge in [-0.1, -0.05) is 17.7 Å². The second kappa shape index (κ2) is 7.48. The smallest absolute Gasteiger partial charge is 0.274 e. The van der Waals surface area contributed by atoms with Gasteiger partial charge in [0.2, 0.25) is 5.95 Å². The van der Waals surface area contributed by atoms with Crippen molar-refractivity contribution in [3.05, 3.63) is 46.8 Å². The number of hydrogen-bond donors (Lipinski definition) is 1. The first-order chi connectivity index (χ1) is 13.4. The first kappa shape index (κ1) is 18.8. The third-order valence-electron chi connectivity index (χ3n) is 5.33. The third-order valence-corrected chi connectivity index (χ3v) is 5.33. The summed E-state index contributed by atoms with van der Waals surface area (Å²) in [5.74, 6) is -0.0861. The second-order valence-corrected chi connectivity index (χ2v) is 7.56. The van der Waals surface area contributed by atoms with Crippen LogP contribution in [0.15, 0.2) is 24.3 Å². The molecule has 2 aliphatic heterocycles. The number of nitrogens with one attached hydrogen (secondary N) is 1. The molecule has 4 rings (SSSR count). The van der Waals surface area contributed by atoms with Gasteiger partial charge >= 0.3 is 0 Å². The molecule has 0 radical (unpaired) electrons. The Labute approximate surface area is 165 Å². The molecule has 0 atom stereocenters. The topological polar surface area (TPSA) is 76.6 Å². The van der Waals surface area contributed by atoms with Gasteiger partial charge < -0.3 is 19.7 Å². The van der Waals surface area contributed by atoms with E-state index < -0.39 is 5.79 Å². The molecule has 7 heteroatoms. The van der Waals surface area contributed by atoms with Crippen LogP contribution in [0.1, 0.15) is 40.2 Å². The Morgan fingerprint density at radius 2 is 1.79 bits per heavy atom. The molecular formula is C21H26N4O3. The predicted molar refractivity (Wildman–Crippen MR) is 107 cm³/mol. The van der Waals surface area contributed by atoms with E-state index in [1.54, 1.807) is 6.07 Å². The molecule has 1 aromatic carbocycles. The number of carbonyl (C=O) groups is 1. The van der Waals surface area contributed by atoms with Gasteiger partial charge in [-0.25, -0.2) is 9.97 Å². The van der Waals surface area contributed by atoms with Gasteiger partial charge in [0.1, 0.15) is 5.69 Å². The maximum absolute atomic E-state index is 12.8. The molecular weight excluding hydrogens is 356 g/mol. The van der Waals surface area contributed by atoms with Gasteiger partial charge in [0.15, 0.2) is 5.79 Å². The summed E-state index contributed by atoms with van der Waals surface area (Å²) in [4.78, 5) is 24.0. The van der Waals surface area contributed by atoms with Crippen LogP contribution in [0.4, 0.5) is 11.6 Å². The minimum Gasteiger partial charge on any atom is -0.347 e. The van der Waals surface area contributed by atoms with E-state index in [2.05, 4.69) is 20.2 Å². The number of benzene rings is 1. The first-order valence-electron chi connectivity index (χ1n) is 9.71. The Morgan fingerprint density at radius 1 is 1.07 bits per heavy atom. The molecule has 0 unspecified atom stereocenters. The lowest BCUT2D eigenvalue weighted by Crippen LogP contribution is -2.45. The minimum absolute atomic E-state index is 0.227. The number of amides is 1. The quantitative estimate of drug-likeness (QED) is 0.879. The predicted octanol–water partition coefficient (Wildman–Crippen LogP) is 3.00. The molecule has 7 nitrogen and oxygen atoms in total. The molecule has 1 aromatic heterocycles. The molecule has 0 saturated carbocycles. The number of anilines is 2. The Kier molecular flexibility index (Phi) is 5.03. The van der Waals surface area contributed by atoms with E-state index in [0.29, 0.717) is 24.9 Å². The standard InChI is InChI=1S/C21H26N4O3/c1-14-4-5-17(15(2)12-14)23-19(26)18-13-16(3)22-20(24-18)25-8-6-21(7-9-25)27-10-11-28-21/h4-5,12-13H,6-11H2,1-3H3,(H,23,26). The largest absolute Gasteiger partial charge is 0.347 e. The zero-order chi connectivity index (χ0) is 19.7. The summed E-state index contributed by atoms with van der Waals surface area (Å²) in [5, 5.41) is 2.96. The number of aromatic nitrogens is 2. The normalized spacial score (nSPS) is 18.5. The number of hydrogen-bond acceptors (Lipinski definition) is 6. The van der Waals surface area contributed by atoms with E-state index in [4.69, 9.17) is 9.47 Å². The van der Waals surface area contributed by atoms with Crippen LogP contribution < -0.4 is 10.2 Å². The van der Waals surface area contributed by atoms with Crippen LogP contribution >= 0.6 is 0 Å². The molecule has 1 amide bonds. The number of piperidine rings is 1. The average molecular weight is 382 g/mol. The summed E-state index contributed by atoms with van der Waals surface area (Å²) in [5.41, 5.74) is 4.12. The molecule has 2 saturated heterocycles. The van der Waals surface area contributed by atoms with Crippen molar-refractivity contribution in [3.8, 4) is 0 Å². The summed E-state index contributed by atoms with van der Waals surface area (Å²) in [6.45, 7) is 8.68. The van der Waals surface area contributed by atoms with Gasteiger partial charge in [0.05, 0.1) is 13.2 Å². The van der Waals surface area contributed by atoms with Crippen molar-refractivity contribution < 1.29 is 14.3 Å². The summed E-state index contributed by atoms with van der Waals surface area (Å²) < 4.78 is 11.6. The molecule has 2 fully saturated rings. The molecule has 2 aliphatic rings. The molecule has 0 bridgehead atoms. The van der Waals surface area contributed by atoms with Gasteiger partial charge in [0.25, 0.3) is 5.91 Å². The molecule has 28 heavy (non-hydrogen) atoms. The summed E-state index contributed by atoms with van der Waals surface area (Å²) in [6.07, 6.45) is 1.54. The van der Waals surface area contributed by atoms with Crippen LogP contribution in [-0.2, 0) is 9.47 Å². The van der Waals surface area contributed by atoms with Crippen molar-refractivity contribution in [1.29, 1.82) is 0 Å². The Bertz CT molecular complexity index is 883. The van der Waals surface area contributed by atoms with Crippen LogP contribution in [0.25, 0.3) is 0 Å². The Hall–Kier alpha value is -2.51. The maximum Gasteiger partial charge on any atom is 0.274 e. The maximum atomic E-state index is 12.8. The Morgan fingerprint density at radius 3 is 2.46 bits per heavy atom. The van der Waals surface area contributed by atoms with Crippen molar-refractivity contribution in [2.45, 2.75) is 39.4 Å². The first-order valence-corrected chi connectivity index (χ1v) is 9.71. The average Bonchev–Trinajstić information content (AvgIpc) is 3.12. The van der Waals surface area contributed by atoms with E-state index in [-0.39, 0.29) is 5.91 Å². The van der Waals surface area contributed by atoms with E-state index >= 15 is 0 Å². The van der Waals surface area contributed by atoms with Crippen molar-refractivity contribution in [1.82, 2.24) is 9.97 Å². The van der Waals surface area contributed by atoms with Gasteiger partial charge in [-0.15, -0.1) is 0 Å². The van der Waals surface area contributed by atoms with Crippen molar-refractivity contribution in [2.75, 3.05) is 36.5 Å².